The molecule has 0 aromatic rings. The Balaban J connectivity index is 1.82. The van der Waals surface area contributed by atoms with Crippen molar-refractivity contribution in [3.05, 3.63) is 23.8 Å². The summed E-state index contributed by atoms with van der Waals surface area (Å²) in [7, 11) is 0. The summed E-state index contributed by atoms with van der Waals surface area (Å²) in [6.45, 7) is 8.79. The van der Waals surface area contributed by atoms with Gasteiger partial charge in [-0.2, -0.15) is 0 Å². The highest BCUT2D eigenvalue weighted by Gasteiger charge is 2.60. The molecule has 1 heteroatoms. The van der Waals surface area contributed by atoms with Gasteiger partial charge in [-0.1, -0.05) is 30.7 Å². The van der Waals surface area contributed by atoms with Crippen molar-refractivity contribution in [1.29, 1.82) is 0 Å². The van der Waals surface area contributed by atoms with Gasteiger partial charge in [-0.05, 0) is 56.3 Å². The average molecular weight is 220 g/mol. The van der Waals surface area contributed by atoms with E-state index < -0.39 is 0 Å². The largest absolute Gasteiger partial charge is 0.392 e. The number of hydrogen-bond acceptors (Lipinski definition) is 1. The molecule has 0 saturated heterocycles. The Kier molecular flexibility index (Phi) is 3.25. The summed E-state index contributed by atoms with van der Waals surface area (Å²) in [6, 6.07) is 0. The highest BCUT2D eigenvalue weighted by Crippen LogP contribution is 2.69. The van der Waals surface area contributed by atoms with Gasteiger partial charge < -0.3 is 5.11 Å². The van der Waals surface area contributed by atoms with Crippen LogP contribution in [0.15, 0.2) is 23.8 Å². The fraction of sp³-hybridized carbons (Fsp3) is 0.733. The Hall–Kier alpha value is -0.560. The minimum atomic E-state index is 0.207. The Morgan fingerprint density at radius 1 is 1.69 bits per heavy atom. The zero-order chi connectivity index (χ0) is 11.8. The van der Waals surface area contributed by atoms with Crippen LogP contribution in [0.3, 0.4) is 0 Å². The van der Waals surface area contributed by atoms with Crippen LogP contribution >= 0.6 is 0 Å². The number of allylic oxidation sites excluding steroid dienone is 2. The lowest BCUT2D eigenvalue weighted by Gasteiger charge is -2.20. The maximum Gasteiger partial charge on any atom is 0.0639 e. The lowest BCUT2D eigenvalue weighted by molar-refractivity contribution is 0.300. The van der Waals surface area contributed by atoms with Gasteiger partial charge in [0.2, 0.25) is 0 Å². The minimum absolute atomic E-state index is 0.207. The van der Waals surface area contributed by atoms with Crippen molar-refractivity contribution in [2.24, 2.45) is 17.3 Å². The van der Waals surface area contributed by atoms with Gasteiger partial charge >= 0.3 is 0 Å². The molecule has 2 aliphatic carbocycles. The summed E-state index contributed by atoms with van der Waals surface area (Å²) >= 11 is 0. The zero-order valence-electron chi connectivity index (χ0n) is 10.6. The van der Waals surface area contributed by atoms with Crippen LogP contribution in [0.4, 0.5) is 0 Å². The molecule has 2 aliphatic rings. The standard InChI is InChI=1S/C15H24O/c1-11(10-16)5-4-6-13(3)15-8-7-12(2)14(15)9-15/h5,13-14,16H,2,4,6-10H2,1,3H3/t13-,14+,15+/m1/s1. The van der Waals surface area contributed by atoms with Gasteiger partial charge in [0.15, 0.2) is 0 Å². The molecule has 16 heavy (non-hydrogen) atoms. The molecule has 2 saturated carbocycles. The first-order chi connectivity index (χ1) is 7.60. The maximum atomic E-state index is 8.93. The van der Waals surface area contributed by atoms with E-state index in [-0.39, 0.29) is 6.61 Å². The van der Waals surface area contributed by atoms with Crippen molar-refractivity contribution < 1.29 is 5.11 Å². The summed E-state index contributed by atoms with van der Waals surface area (Å²) in [4.78, 5) is 0. The predicted molar refractivity (Wildman–Crippen MR) is 68.2 cm³/mol. The van der Waals surface area contributed by atoms with E-state index in [1.807, 2.05) is 6.92 Å². The van der Waals surface area contributed by atoms with Crippen LogP contribution < -0.4 is 0 Å². The lowest BCUT2D eigenvalue weighted by Crippen LogP contribution is -2.11. The van der Waals surface area contributed by atoms with E-state index in [0.29, 0.717) is 5.41 Å². The maximum absolute atomic E-state index is 8.93. The fourth-order valence-electron chi connectivity index (χ4n) is 3.44. The molecule has 1 nitrogen and oxygen atoms in total. The monoisotopic (exact) mass is 220 g/mol. The summed E-state index contributed by atoms with van der Waals surface area (Å²) in [5.41, 5.74) is 3.25. The minimum Gasteiger partial charge on any atom is -0.392 e. The van der Waals surface area contributed by atoms with Gasteiger partial charge in [-0.25, -0.2) is 0 Å². The van der Waals surface area contributed by atoms with Crippen LogP contribution in [0.5, 0.6) is 0 Å². The van der Waals surface area contributed by atoms with Crippen molar-refractivity contribution in [2.45, 2.75) is 46.0 Å². The third-order valence-electron chi connectivity index (χ3n) is 4.85. The van der Waals surface area contributed by atoms with Crippen molar-refractivity contribution in [3.63, 3.8) is 0 Å². The molecule has 90 valence electrons. The average Bonchev–Trinajstić information content (AvgIpc) is 2.94. The molecular formula is C15H24O. The molecule has 0 amide bonds. The van der Waals surface area contributed by atoms with E-state index in [1.165, 1.54) is 31.3 Å². The SMILES string of the molecule is C=C1CC[C@@]2([C@H](C)CCC=C(C)CO)C[C@@H]12. The number of hydrogen-bond donors (Lipinski definition) is 1. The van der Waals surface area contributed by atoms with Crippen LogP contribution in [0, 0.1) is 17.3 Å². The molecule has 0 spiro atoms. The Morgan fingerprint density at radius 2 is 2.44 bits per heavy atom. The van der Waals surface area contributed by atoms with Gasteiger partial charge in [0.1, 0.15) is 0 Å². The Morgan fingerprint density at radius 3 is 2.94 bits per heavy atom. The van der Waals surface area contributed by atoms with Crippen molar-refractivity contribution >= 4 is 0 Å². The Bertz CT molecular complexity index is 315. The van der Waals surface area contributed by atoms with Crippen molar-refractivity contribution in [1.82, 2.24) is 0 Å². The molecule has 1 N–H and O–H groups in total. The van der Waals surface area contributed by atoms with Crippen LogP contribution in [-0.2, 0) is 0 Å². The van der Waals surface area contributed by atoms with Crippen LogP contribution in [0.1, 0.15) is 46.0 Å². The topological polar surface area (TPSA) is 20.2 Å². The molecule has 0 bridgehead atoms. The van der Waals surface area contributed by atoms with Gasteiger partial charge in [-0.3, -0.25) is 0 Å². The number of aliphatic hydroxyl groups excluding tert-OH is 1. The summed E-state index contributed by atoms with van der Waals surface area (Å²) in [5, 5.41) is 8.93. The highest BCUT2D eigenvalue weighted by atomic mass is 16.3. The van der Waals surface area contributed by atoms with Crippen LogP contribution in [0.25, 0.3) is 0 Å². The molecule has 0 aromatic heterocycles. The molecule has 2 rings (SSSR count). The van der Waals surface area contributed by atoms with Gasteiger partial charge in [0.05, 0.1) is 6.61 Å². The smallest absolute Gasteiger partial charge is 0.0639 e. The molecule has 0 radical (unpaired) electrons. The first kappa shape index (κ1) is 11.9. The molecule has 2 fully saturated rings. The van der Waals surface area contributed by atoms with Gasteiger partial charge in [-0.15, -0.1) is 0 Å². The number of aliphatic hydroxyl groups is 1. The van der Waals surface area contributed by atoms with Gasteiger partial charge in [0, 0.05) is 0 Å². The van der Waals surface area contributed by atoms with E-state index in [1.54, 1.807) is 0 Å². The molecule has 0 aromatic carbocycles. The summed E-state index contributed by atoms with van der Waals surface area (Å²) < 4.78 is 0. The van der Waals surface area contributed by atoms with E-state index in [4.69, 9.17) is 5.11 Å². The second-order valence-corrected chi connectivity index (χ2v) is 5.84. The fourth-order valence-corrected chi connectivity index (χ4v) is 3.44. The van der Waals surface area contributed by atoms with E-state index in [9.17, 15) is 0 Å². The normalized spacial score (nSPS) is 35.1. The van der Waals surface area contributed by atoms with Crippen molar-refractivity contribution in [3.8, 4) is 0 Å². The quantitative estimate of drug-likeness (QED) is 0.700. The summed E-state index contributed by atoms with van der Waals surface area (Å²) in [5.74, 6) is 1.67. The zero-order valence-corrected chi connectivity index (χ0v) is 10.6. The molecule has 0 aliphatic heterocycles. The molecule has 0 heterocycles. The molecule has 3 atom stereocenters. The second kappa shape index (κ2) is 4.37. The first-order valence-corrected chi connectivity index (χ1v) is 6.54. The van der Waals surface area contributed by atoms with E-state index in [0.717, 1.165) is 23.8 Å². The van der Waals surface area contributed by atoms with Crippen molar-refractivity contribution in [2.75, 3.05) is 6.61 Å². The number of fused-ring (bicyclic) bond motifs is 1. The third kappa shape index (κ3) is 1.98. The first-order valence-electron chi connectivity index (χ1n) is 6.54. The lowest BCUT2D eigenvalue weighted by atomic mass is 9.85. The third-order valence-corrected chi connectivity index (χ3v) is 4.85. The Labute approximate surface area is 99.3 Å². The molecule has 0 unspecified atom stereocenters. The van der Waals surface area contributed by atoms with Gasteiger partial charge in [0.25, 0.3) is 0 Å². The van der Waals surface area contributed by atoms with E-state index in [2.05, 4.69) is 19.6 Å². The van der Waals surface area contributed by atoms with E-state index >= 15 is 0 Å². The second-order valence-electron chi connectivity index (χ2n) is 5.84. The highest BCUT2D eigenvalue weighted by molar-refractivity contribution is 5.26. The summed E-state index contributed by atoms with van der Waals surface area (Å²) in [6.07, 6.45) is 8.61. The number of rotatable bonds is 5. The van der Waals surface area contributed by atoms with Crippen LogP contribution in [0.2, 0.25) is 0 Å². The van der Waals surface area contributed by atoms with Crippen LogP contribution in [-0.4, -0.2) is 11.7 Å². The predicted octanol–water partition coefficient (Wildman–Crippen LogP) is 3.70. The molecular weight excluding hydrogens is 196 g/mol.